The second-order valence-corrected chi connectivity index (χ2v) is 7.63. The Morgan fingerprint density at radius 1 is 1.09 bits per heavy atom. The predicted octanol–water partition coefficient (Wildman–Crippen LogP) is 4.04. The average molecular weight is 358 g/mol. The van der Waals surface area contributed by atoms with Crippen molar-refractivity contribution in [1.82, 2.24) is 0 Å². The minimum atomic E-state index is -3.50. The van der Waals surface area contributed by atoms with Crippen molar-refractivity contribution in [3.8, 4) is 0 Å². The summed E-state index contributed by atoms with van der Waals surface area (Å²) in [6.45, 7) is 1.53. The summed E-state index contributed by atoms with van der Waals surface area (Å²) < 4.78 is 24.1. The van der Waals surface area contributed by atoms with E-state index in [4.69, 9.17) is 23.2 Å². The Labute approximate surface area is 139 Å². The van der Waals surface area contributed by atoms with Crippen LogP contribution in [0.1, 0.15) is 17.3 Å². The van der Waals surface area contributed by atoms with Crippen molar-refractivity contribution < 1.29 is 13.2 Å². The van der Waals surface area contributed by atoms with Crippen LogP contribution >= 0.6 is 23.2 Å². The molecule has 0 aliphatic heterocycles. The van der Waals surface area contributed by atoms with E-state index in [0.29, 0.717) is 15.7 Å². The lowest BCUT2D eigenvalue weighted by atomic mass is 10.2. The first-order valence-corrected chi connectivity index (χ1v) is 8.83. The molecule has 7 heteroatoms. The third kappa shape index (κ3) is 3.80. The normalized spacial score (nSPS) is 11.2. The van der Waals surface area contributed by atoms with Gasteiger partial charge in [0.25, 0.3) is 5.91 Å². The van der Waals surface area contributed by atoms with Gasteiger partial charge in [-0.1, -0.05) is 42.3 Å². The summed E-state index contributed by atoms with van der Waals surface area (Å²) in [5, 5.41) is 3.35. The van der Waals surface area contributed by atoms with Crippen LogP contribution < -0.4 is 5.32 Å². The Hall–Kier alpha value is -1.56. The van der Waals surface area contributed by atoms with Gasteiger partial charge in [-0.05, 0) is 30.3 Å². The zero-order valence-corrected chi connectivity index (χ0v) is 14.0. The molecule has 0 unspecified atom stereocenters. The van der Waals surface area contributed by atoms with E-state index >= 15 is 0 Å². The predicted molar refractivity (Wildman–Crippen MR) is 88.6 cm³/mol. The molecule has 0 atom stereocenters. The fraction of sp³-hybridized carbons (Fsp3) is 0.133. The van der Waals surface area contributed by atoms with Gasteiger partial charge in [-0.3, -0.25) is 4.79 Å². The molecule has 0 aliphatic carbocycles. The lowest BCUT2D eigenvalue weighted by Gasteiger charge is -2.10. The molecular formula is C15H13Cl2NO3S. The van der Waals surface area contributed by atoms with E-state index in [2.05, 4.69) is 5.32 Å². The quantitative estimate of drug-likeness (QED) is 0.897. The smallest absolute Gasteiger partial charge is 0.256 e. The summed E-state index contributed by atoms with van der Waals surface area (Å²) in [5.74, 6) is -0.619. The van der Waals surface area contributed by atoms with Gasteiger partial charge < -0.3 is 5.32 Å². The number of nitrogens with one attached hydrogen (secondary N) is 1. The van der Waals surface area contributed by atoms with Gasteiger partial charge in [-0.2, -0.15) is 0 Å². The molecule has 0 radical (unpaired) electrons. The summed E-state index contributed by atoms with van der Waals surface area (Å²) in [5.41, 5.74) is 0.478. The largest absolute Gasteiger partial charge is 0.322 e. The molecule has 2 aromatic carbocycles. The minimum Gasteiger partial charge on any atom is -0.322 e. The Bertz CT molecular complexity index is 799. The Balaban J connectivity index is 2.39. The minimum absolute atomic E-state index is 0.00289. The fourth-order valence-electron chi connectivity index (χ4n) is 1.91. The molecule has 0 spiro atoms. The highest BCUT2D eigenvalue weighted by molar-refractivity contribution is 7.91. The zero-order valence-electron chi connectivity index (χ0n) is 11.6. The monoisotopic (exact) mass is 357 g/mol. The number of carbonyl (C=O) groups excluding carboxylic acids is 1. The summed E-state index contributed by atoms with van der Waals surface area (Å²) in [6, 6.07) is 10.7. The van der Waals surface area contributed by atoms with Crippen LogP contribution in [0.25, 0.3) is 0 Å². The molecule has 116 valence electrons. The molecule has 22 heavy (non-hydrogen) atoms. The molecule has 0 aliphatic rings. The molecule has 0 saturated heterocycles. The Morgan fingerprint density at radius 2 is 1.68 bits per heavy atom. The first-order chi connectivity index (χ1) is 10.3. The zero-order chi connectivity index (χ0) is 16.3. The van der Waals surface area contributed by atoms with E-state index in [9.17, 15) is 13.2 Å². The highest BCUT2D eigenvalue weighted by atomic mass is 35.5. The van der Waals surface area contributed by atoms with Crippen LogP contribution in [0, 0.1) is 0 Å². The number of hydrogen-bond donors (Lipinski definition) is 1. The highest BCUT2D eigenvalue weighted by Gasteiger charge is 2.20. The second kappa shape index (κ2) is 6.69. The molecule has 0 aromatic heterocycles. The van der Waals surface area contributed by atoms with Gasteiger partial charge in [0.05, 0.1) is 16.2 Å². The average Bonchev–Trinajstić information content (AvgIpc) is 2.46. The molecule has 0 fully saturated rings. The number of hydrogen-bond acceptors (Lipinski definition) is 3. The number of anilines is 1. The Kier molecular flexibility index (Phi) is 5.11. The number of carbonyl (C=O) groups is 1. The number of amides is 1. The fourth-order valence-corrected chi connectivity index (χ4v) is 3.52. The SMILES string of the molecule is CCS(=O)(=O)c1ccccc1C(=O)Nc1cc(Cl)cc(Cl)c1. The van der Waals surface area contributed by atoms with E-state index in [-0.39, 0.29) is 16.2 Å². The van der Waals surface area contributed by atoms with Crippen molar-refractivity contribution in [1.29, 1.82) is 0 Å². The second-order valence-electron chi connectivity index (χ2n) is 4.51. The molecule has 0 bridgehead atoms. The first-order valence-electron chi connectivity index (χ1n) is 6.42. The molecule has 1 amide bonds. The molecule has 2 rings (SSSR count). The van der Waals surface area contributed by atoms with Crippen molar-refractivity contribution in [3.63, 3.8) is 0 Å². The number of rotatable bonds is 4. The third-order valence-corrected chi connectivity index (χ3v) is 5.19. The van der Waals surface area contributed by atoms with Crippen LogP contribution in [0.4, 0.5) is 5.69 Å². The maximum Gasteiger partial charge on any atom is 0.256 e. The van der Waals surface area contributed by atoms with Gasteiger partial charge in [-0.25, -0.2) is 8.42 Å². The maximum absolute atomic E-state index is 12.4. The molecule has 0 heterocycles. The van der Waals surface area contributed by atoms with Crippen molar-refractivity contribution in [2.75, 3.05) is 11.1 Å². The van der Waals surface area contributed by atoms with Crippen LogP contribution in [-0.4, -0.2) is 20.1 Å². The molecule has 1 N–H and O–H groups in total. The topological polar surface area (TPSA) is 63.2 Å². The van der Waals surface area contributed by atoms with Crippen LogP contribution in [-0.2, 0) is 9.84 Å². The van der Waals surface area contributed by atoms with E-state index in [1.54, 1.807) is 12.1 Å². The van der Waals surface area contributed by atoms with Gasteiger partial charge >= 0.3 is 0 Å². The molecule has 2 aromatic rings. The van der Waals surface area contributed by atoms with Crippen molar-refractivity contribution in [2.45, 2.75) is 11.8 Å². The highest BCUT2D eigenvalue weighted by Crippen LogP contribution is 2.24. The van der Waals surface area contributed by atoms with E-state index in [0.717, 1.165) is 0 Å². The number of sulfone groups is 1. The maximum atomic E-state index is 12.4. The number of halogens is 2. The molecule has 0 saturated carbocycles. The van der Waals surface area contributed by atoms with Gasteiger partial charge in [0, 0.05) is 15.7 Å². The van der Waals surface area contributed by atoms with Crippen molar-refractivity contribution in [3.05, 3.63) is 58.1 Å². The summed E-state index contributed by atoms with van der Waals surface area (Å²) in [6.07, 6.45) is 0. The lowest BCUT2D eigenvalue weighted by Crippen LogP contribution is -2.17. The van der Waals surface area contributed by atoms with Crippen LogP contribution in [0.15, 0.2) is 47.4 Å². The molecule has 4 nitrogen and oxygen atoms in total. The summed E-state index contributed by atoms with van der Waals surface area (Å²) in [7, 11) is -3.50. The van der Waals surface area contributed by atoms with Crippen LogP contribution in [0.2, 0.25) is 10.0 Å². The van der Waals surface area contributed by atoms with Crippen molar-refractivity contribution in [2.24, 2.45) is 0 Å². The van der Waals surface area contributed by atoms with E-state index in [1.807, 2.05) is 0 Å². The third-order valence-electron chi connectivity index (χ3n) is 2.97. The first kappa shape index (κ1) is 16.8. The van der Waals surface area contributed by atoms with Crippen LogP contribution in [0.3, 0.4) is 0 Å². The van der Waals surface area contributed by atoms with Gasteiger partial charge in [0.15, 0.2) is 9.84 Å². The lowest BCUT2D eigenvalue weighted by molar-refractivity contribution is 0.102. The van der Waals surface area contributed by atoms with Gasteiger partial charge in [0.2, 0.25) is 0 Å². The van der Waals surface area contributed by atoms with Crippen molar-refractivity contribution >= 4 is 44.6 Å². The van der Waals surface area contributed by atoms with E-state index in [1.165, 1.54) is 37.3 Å². The van der Waals surface area contributed by atoms with E-state index < -0.39 is 15.7 Å². The summed E-state index contributed by atoms with van der Waals surface area (Å²) in [4.78, 5) is 12.4. The molecular weight excluding hydrogens is 345 g/mol. The standard InChI is InChI=1S/C15H13Cl2NO3S/c1-2-22(20,21)14-6-4-3-5-13(14)15(19)18-12-8-10(16)7-11(17)9-12/h3-9H,2H2,1H3,(H,18,19). The Morgan fingerprint density at radius 3 is 2.27 bits per heavy atom. The summed E-state index contributed by atoms with van der Waals surface area (Å²) >= 11 is 11.7. The number of benzene rings is 2. The van der Waals surface area contributed by atoms with Gasteiger partial charge in [-0.15, -0.1) is 0 Å². The van der Waals surface area contributed by atoms with Crippen LogP contribution in [0.5, 0.6) is 0 Å². The van der Waals surface area contributed by atoms with Gasteiger partial charge in [0.1, 0.15) is 0 Å².